The fourth-order valence-corrected chi connectivity index (χ4v) is 5.28. The zero-order chi connectivity index (χ0) is 18.4. The van der Waals surface area contributed by atoms with Gasteiger partial charge in [0.2, 0.25) is 0 Å². The highest BCUT2D eigenvalue weighted by Crippen LogP contribution is 2.40. The molecule has 1 aromatic carbocycles. The van der Waals surface area contributed by atoms with Gasteiger partial charge in [0.25, 0.3) is 0 Å². The molecular weight excluding hydrogens is 319 g/mol. The predicted octanol–water partition coefficient (Wildman–Crippen LogP) is 7.96. The number of rotatable bonds is 7. The van der Waals surface area contributed by atoms with Gasteiger partial charge >= 0.3 is 0 Å². The summed E-state index contributed by atoms with van der Waals surface area (Å²) >= 11 is 0. The molecule has 2 aliphatic rings. The molecule has 3 rings (SSSR count). The van der Waals surface area contributed by atoms with Crippen molar-refractivity contribution in [3.05, 3.63) is 47.8 Å². The maximum Gasteiger partial charge on any atom is 0.126 e. The van der Waals surface area contributed by atoms with Crippen molar-refractivity contribution in [3.63, 3.8) is 0 Å². The van der Waals surface area contributed by atoms with E-state index < -0.39 is 0 Å². The number of halogens is 1. The van der Waals surface area contributed by atoms with E-state index in [-0.39, 0.29) is 5.82 Å². The summed E-state index contributed by atoms with van der Waals surface area (Å²) in [4.78, 5) is 0. The summed E-state index contributed by atoms with van der Waals surface area (Å²) in [5, 5.41) is 0. The minimum atomic E-state index is -0.0340. The molecule has 0 unspecified atom stereocenters. The van der Waals surface area contributed by atoms with E-state index in [0.717, 1.165) is 23.3 Å². The van der Waals surface area contributed by atoms with E-state index >= 15 is 0 Å². The summed E-state index contributed by atoms with van der Waals surface area (Å²) in [5.74, 6) is 3.42. The summed E-state index contributed by atoms with van der Waals surface area (Å²) in [5.41, 5.74) is 1.99. The number of allylic oxidation sites excluding steroid dienone is 1. The first-order valence-electron chi connectivity index (χ1n) is 11.0. The minimum absolute atomic E-state index is 0.0340. The molecule has 2 fully saturated rings. The van der Waals surface area contributed by atoms with Crippen LogP contribution in [-0.4, -0.2) is 0 Å². The molecule has 0 bridgehead atoms. The second-order valence-electron chi connectivity index (χ2n) is 9.06. The van der Waals surface area contributed by atoms with E-state index in [9.17, 15) is 4.39 Å². The maximum atomic E-state index is 13.8. The van der Waals surface area contributed by atoms with Crippen molar-refractivity contribution in [2.45, 2.75) is 89.9 Å². The van der Waals surface area contributed by atoms with E-state index in [4.69, 9.17) is 0 Å². The topological polar surface area (TPSA) is 0 Å². The lowest BCUT2D eigenvalue weighted by Crippen LogP contribution is -2.17. The van der Waals surface area contributed by atoms with Gasteiger partial charge in [-0.1, -0.05) is 56.7 Å². The van der Waals surface area contributed by atoms with Gasteiger partial charge in [-0.25, -0.2) is 4.39 Å². The Bertz CT molecular complexity index is 560. The minimum Gasteiger partial charge on any atom is -0.207 e. The Kier molecular flexibility index (Phi) is 7.34. The van der Waals surface area contributed by atoms with Crippen LogP contribution in [0.1, 0.15) is 94.1 Å². The monoisotopic (exact) mass is 356 g/mol. The van der Waals surface area contributed by atoms with Crippen LogP contribution in [0.25, 0.3) is 0 Å². The highest BCUT2D eigenvalue weighted by molar-refractivity contribution is 5.26. The molecule has 0 heterocycles. The van der Waals surface area contributed by atoms with E-state index in [1.807, 2.05) is 13.0 Å². The lowest BCUT2D eigenvalue weighted by molar-refractivity contribution is 0.225. The summed E-state index contributed by atoms with van der Waals surface area (Å²) in [6.07, 6.45) is 18.5. The standard InChI is InChI=1S/C25H37F/c1-3-4-5-20-7-9-21(10-8-20)11-12-22-13-16-23(17-14-22)24-15-6-19(2)25(26)18-24/h3,6,15,18,20-23H,1,4-5,7-14,16-17H2,2H3. The highest BCUT2D eigenvalue weighted by atomic mass is 19.1. The van der Waals surface area contributed by atoms with Gasteiger partial charge < -0.3 is 0 Å². The zero-order valence-electron chi connectivity index (χ0n) is 16.7. The van der Waals surface area contributed by atoms with Crippen LogP contribution in [0.2, 0.25) is 0 Å². The molecule has 1 heteroatoms. The first kappa shape index (κ1) is 19.6. The maximum absolute atomic E-state index is 13.8. The third-order valence-electron chi connectivity index (χ3n) is 7.24. The molecule has 0 amide bonds. The molecule has 2 saturated carbocycles. The Labute approximate surface area is 160 Å². The van der Waals surface area contributed by atoms with Crippen LogP contribution in [0, 0.1) is 30.5 Å². The summed E-state index contributed by atoms with van der Waals surface area (Å²) < 4.78 is 13.8. The van der Waals surface area contributed by atoms with Crippen molar-refractivity contribution in [1.29, 1.82) is 0 Å². The van der Waals surface area contributed by atoms with E-state index in [0.29, 0.717) is 5.92 Å². The molecule has 144 valence electrons. The molecular formula is C25H37F. The SMILES string of the molecule is C=CCCC1CCC(CCC2CCC(c3ccc(C)c(F)c3)CC2)CC1. The van der Waals surface area contributed by atoms with Crippen molar-refractivity contribution in [1.82, 2.24) is 0 Å². The van der Waals surface area contributed by atoms with Crippen LogP contribution in [0.15, 0.2) is 30.9 Å². The summed E-state index contributed by atoms with van der Waals surface area (Å²) in [6, 6.07) is 5.88. The van der Waals surface area contributed by atoms with Crippen LogP contribution < -0.4 is 0 Å². The Balaban J connectivity index is 1.35. The third kappa shape index (κ3) is 5.44. The summed E-state index contributed by atoms with van der Waals surface area (Å²) in [7, 11) is 0. The predicted molar refractivity (Wildman–Crippen MR) is 110 cm³/mol. The first-order chi connectivity index (χ1) is 12.7. The molecule has 0 radical (unpaired) electrons. The van der Waals surface area contributed by atoms with Gasteiger partial charge in [0.05, 0.1) is 0 Å². The van der Waals surface area contributed by atoms with E-state index in [2.05, 4.69) is 18.7 Å². The third-order valence-corrected chi connectivity index (χ3v) is 7.24. The number of benzene rings is 1. The van der Waals surface area contributed by atoms with Crippen LogP contribution in [0.5, 0.6) is 0 Å². The lowest BCUT2D eigenvalue weighted by atomic mass is 9.74. The molecule has 2 aliphatic carbocycles. The fourth-order valence-electron chi connectivity index (χ4n) is 5.28. The Morgan fingerprint density at radius 1 is 0.885 bits per heavy atom. The molecule has 0 nitrogen and oxygen atoms in total. The molecule has 1 aromatic rings. The van der Waals surface area contributed by atoms with Gasteiger partial charge in [-0.15, -0.1) is 6.58 Å². The average Bonchev–Trinajstić information content (AvgIpc) is 2.68. The Morgan fingerprint density at radius 3 is 1.96 bits per heavy atom. The molecule has 26 heavy (non-hydrogen) atoms. The Morgan fingerprint density at radius 2 is 1.42 bits per heavy atom. The van der Waals surface area contributed by atoms with Gasteiger partial charge in [0.1, 0.15) is 5.82 Å². The number of hydrogen-bond donors (Lipinski definition) is 0. The second kappa shape index (κ2) is 9.72. The molecule has 0 saturated heterocycles. The highest BCUT2D eigenvalue weighted by Gasteiger charge is 2.25. The van der Waals surface area contributed by atoms with Crippen LogP contribution >= 0.6 is 0 Å². The summed E-state index contributed by atoms with van der Waals surface area (Å²) in [6.45, 7) is 5.71. The van der Waals surface area contributed by atoms with Gasteiger partial charge in [0.15, 0.2) is 0 Å². The van der Waals surface area contributed by atoms with Gasteiger partial charge in [0, 0.05) is 0 Å². The molecule has 0 aliphatic heterocycles. The van der Waals surface area contributed by atoms with Crippen molar-refractivity contribution in [3.8, 4) is 0 Å². The normalized spacial score (nSPS) is 29.5. The van der Waals surface area contributed by atoms with Crippen LogP contribution in [0.3, 0.4) is 0 Å². The van der Waals surface area contributed by atoms with Gasteiger partial charge in [-0.2, -0.15) is 0 Å². The van der Waals surface area contributed by atoms with Crippen molar-refractivity contribution in [2.24, 2.45) is 17.8 Å². The van der Waals surface area contributed by atoms with Crippen molar-refractivity contribution < 1.29 is 4.39 Å². The largest absolute Gasteiger partial charge is 0.207 e. The first-order valence-corrected chi connectivity index (χ1v) is 11.0. The zero-order valence-corrected chi connectivity index (χ0v) is 16.7. The van der Waals surface area contributed by atoms with E-state index in [1.165, 1.54) is 82.6 Å². The average molecular weight is 357 g/mol. The number of hydrogen-bond acceptors (Lipinski definition) is 0. The quantitative estimate of drug-likeness (QED) is 0.435. The molecule has 0 atom stereocenters. The van der Waals surface area contributed by atoms with Crippen molar-refractivity contribution >= 4 is 0 Å². The lowest BCUT2D eigenvalue weighted by Gasteiger charge is -2.32. The van der Waals surface area contributed by atoms with Gasteiger partial charge in [-0.05, 0) is 86.3 Å². The molecule has 0 spiro atoms. The fraction of sp³-hybridized carbons (Fsp3) is 0.680. The van der Waals surface area contributed by atoms with Crippen LogP contribution in [0.4, 0.5) is 4.39 Å². The van der Waals surface area contributed by atoms with Crippen molar-refractivity contribution in [2.75, 3.05) is 0 Å². The van der Waals surface area contributed by atoms with E-state index in [1.54, 1.807) is 6.07 Å². The molecule has 0 aromatic heterocycles. The second-order valence-corrected chi connectivity index (χ2v) is 9.06. The molecule has 0 N–H and O–H groups in total. The van der Waals surface area contributed by atoms with Gasteiger partial charge in [-0.3, -0.25) is 0 Å². The van der Waals surface area contributed by atoms with Crippen LogP contribution in [-0.2, 0) is 0 Å². The smallest absolute Gasteiger partial charge is 0.126 e. The number of aryl methyl sites for hydroxylation is 1. The Hall–Kier alpha value is -1.11.